The first-order valence-corrected chi connectivity index (χ1v) is 6.05. The van der Waals surface area contributed by atoms with Gasteiger partial charge in [-0.1, -0.05) is 0 Å². The van der Waals surface area contributed by atoms with Crippen molar-refractivity contribution >= 4 is 5.97 Å². The van der Waals surface area contributed by atoms with Crippen LogP contribution in [0, 0.1) is 0 Å². The number of aromatic nitrogens is 3. The molecule has 0 bridgehead atoms. The highest BCUT2D eigenvalue weighted by Gasteiger charge is 2.41. The van der Waals surface area contributed by atoms with Gasteiger partial charge in [0.2, 0.25) is 0 Å². The van der Waals surface area contributed by atoms with Gasteiger partial charge in [-0.3, -0.25) is 9.69 Å². The van der Waals surface area contributed by atoms with Crippen molar-refractivity contribution in [2.45, 2.75) is 38.4 Å². The van der Waals surface area contributed by atoms with Gasteiger partial charge in [-0.25, -0.2) is 9.67 Å². The van der Waals surface area contributed by atoms with Gasteiger partial charge in [0.15, 0.2) is 0 Å². The van der Waals surface area contributed by atoms with Gasteiger partial charge in [-0.15, -0.1) is 0 Å². The molecule has 1 aliphatic rings. The first-order valence-electron chi connectivity index (χ1n) is 6.05. The lowest BCUT2D eigenvalue weighted by atomic mass is 10.0. The van der Waals surface area contributed by atoms with Gasteiger partial charge in [-0.05, 0) is 20.3 Å². The zero-order valence-corrected chi connectivity index (χ0v) is 10.7. The molecular weight excluding hydrogens is 234 g/mol. The highest BCUT2D eigenvalue weighted by atomic mass is 16.4. The Bertz CT molecular complexity index is 444. The molecule has 0 aromatic carbocycles. The van der Waals surface area contributed by atoms with E-state index in [1.807, 2.05) is 23.4 Å². The fourth-order valence-corrected chi connectivity index (χ4v) is 2.24. The zero-order valence-electron chi connectivity index (χ0n) is 10.7. The van der Waals surface area contributed by atoms with E-state index >= 15 is 0 Å². The molecule has 1 saturated heterocycles. The van der Waals surface area contributed by atoms with E-state index in [1.165, 1.54) is 6.33 Å². The predicted molar refractivity (Wildman–Crippen MR) is 64.9 cm³/mol. The maximum absolute atomic E-state index is 11.1. The van der Waals surface area contributed by atoms with Gasteiger partial charge in [0.05, 0.1) is 6.54 Å². The summed E-state index contributed by atoms with van der Waals surface area (Å²) < 4.78 is 1.84. The Morgan fingerprint density at radius 1 is 1.67 bits per heavy atom. The van der Waals surface area contributed by atoms with Gasteiger partial charge in [0, 0.05) is 19.1 Å². The van der Waals surface area contributed by atoms with Gasteiger partial charge >= 0.3 is 5.97 Å². The third-order valence-electron chi connectivity index (χ3n) is 3.31. The summed E-state index contributed by atoms with van der Waals surface area (Å²) in [5.41, 5.74) is 4.71. The Balaban J connectivity index is 2.04. The highest BCUT2D eigenvalue weighted by molar-refractivity contribution is 5.79. The van der Waals surface area contributed by atoms with Crippen molar-refractivity contribution in [3.05, 3.63) is 12.2 Å². The Kier molecular flexibility index (Phi) is 3.36. The normalized spacial score (nSPS) is 24.9. The molecule has 0 radical (unpaired) electrons. The molecule has 1 atom stereocenters. The second kappa shape index (κ2) is 4.66. The Morgan fingerprint density at radius 2 is 2.39 bits per heavy atom. The van der Waals surface area contributed by atoms with Crippen LogP contribution >= 0.6 is 0 Å². The topological polar surface area (TPSA) is 97.3 Å². The number of rotatable bonds is 4. The Labute approximate surface area is 106 Å². The molecule has 18 heavy (non-hydrogen) atoms. The first kappa shape index (κ1) is 13.0. The molecule has 1 aliphatic heterocycles. The van der Waals surface area contributed by atoms with Crippen molar-refractivity contribution in [1.82, 2.24) is 19.7 Å². The van der Waals surface area contributed by atoms with Crippen LogP contribution in [0.15, 0.2) is 6.33 Å². The number of hydrogen-bond donors (Lipinski definition) is 2. The number of carboxylic acid groups (broad SMARTS) is 1. The van der Waals surface area contributed by atoms with E-state index in [9.17, 15) is 4.79 Å². The lowest BCUT2D eigenvalue weighted by Gasteiger charge is -2.20. The van der Waals surface area contributed by atoms with Crippen LogP contribution in [0.2, 0.25) is 0 Å². The molecule has 7 heteroatoms. The van der Waals surface area contributed by atoms with Crippen molar-refractivity contribution in [2.24, 2.45) is 5.73 Å². The van der Waals surface area contributed by atoms with Crippen LogP contribution < -0.4 is 5.73 Å². The molecule has 0 aliphatic carbocycles. The van der Waals surface area contributed by atoms with Crippen molar-refractivity contribution in [3.63, 3.8) is 0 Å². The molecule has 100 valence electrons. The molecule has 0 spiro atoms. The summed E-state index contributed by atoms with van der Waals surface area (Å²) in [5, 5.41) is 13.2. The maximum atomic E-state index is 11.1. The molecule has 2 heterocycles. The molecule has 3 N–H and O–H groups in total. The van der Waals surface area contributed by atoms with E-state index < -0.39 is 11.5 Å². The number of likely N-dealkylation sites (tertiary alicyclic amines) is 1. The quantitative estimate of drug-likeness (QED) is 0.774. The minimum Gasteiger partial charge on any atom is -0.480 e. The minimum atomic E-state index is -1.12. The fourth-order valence-electron chi connectivity index (χ4n) is 2.24. The minimum absolute atomic E-state index is 0.243. The lowest BCUT2D eigenvalue weighted by molar-refractivity contribution is -0.142. The highest BCUT2D eigenvalue weighted by Crippen LogP contribution is 2.21. The third kappa shape index (κ3) is 2.37. The van der Waals surface area contributed by atoms with Crippen LogP contribution in [0.5, 0.6) is 0 Å². The molecular formula is C11H19N5O2. The lowest BCUT2D eigenvalue weighted by Crippen LogP contribution is -2.50. The number of hydrogen-bond acceptors (Lipinski definition) is 5. The predicted octanol–water partition coefficient (Wildman–Crippen LogP) is -0.153. The van der Waals surface area contributed by atoms with E-state index in [0.717, 1.165) is 5.82 Å². The molecule has 1 fully saturated rings. The largest absolute Gasteiger partial charge is 0.480 e. The number of carbonyl (C=O) groups is 1. The SMILES string of the molecule is CC(C)n1ncnc1CN1CCC(N)(C(=O)O)C1. The van der Waals surface area contributed by atoms with Crippen LogP contribution in [0.1, 0.15) is 32.1 Å². The summed E-state index contributed by atoms with van der Waals surface area (Å²) in [6.45, 7) is 5.69. The van der Waals surface area contributed by atoms with E-state index in [1.54, 1.807) is 0 Å². The van der Waals surface area contributed by atoms with E-state index in [4.69, 9.17) is 10.8 Å². The Morgan fingerprint density at radius 3 is 2.94 bits per heavy atom. The van der Waals surface area contributed by atoms with Gasteiger partial charge in [-0.2, -0.15) is 5.10 Å². The van der Waals surface area contributed by atoms with Crippen molar-refractivity contribution in [3.8, 4) is 0 Å². The van der Waals surface area contributed by atoms with Crippen LogP contribution in [0.4, 0.5) is 0 Å². The zero-order chi connectivity index (χ0) is 13.3. The van der Waals surface area contributed by atoms with E-state index in [2.05, 4.69) is 10.1 Å². The second-order valence-corrected chi connectivity index (χ2v) is 5.14. The number of aliphatic carboxylic acids is 1. The molecule has 7 nitrogen and oxygen atoms in total. The molecule has 1 aromatic heterocycles. The standard InChI is InChI=1S/C11H19N5O2/c1-8(2)16-9(13-7-14-16)5-15-4-3-11(12,6-15)10(17)18/h7-8H,3-6,12H2,1-2H3,(H,17,18). The van der Waals surface area contributed by atoms with Crippen LogP contribution in [0.25, 0.3) is 0 Å². The van der Waals surface area contributed by atoms with E-state index in [-0.39, 0.29) is 6.04 Å². The van der Waals surface area contributed by atoms with E-state index in [0.29, 0.717) is 26.1 Å². The summed E-state index contributed by atoms with van der Waals surface area (Å²) >= 11 is 0. The fraction of sp³-hybridized carbons (Fsp3) is 0.727. The average molecular weight is 253 g/mol. The smallest absolute Gasteiger partial charge is 0.325 e. The van der Waals surface area contributed by atoms with Crippen molar-refractivity contribution in [2.75, 3.05) is 13.1 Å². The third-order valence-corrected chi connectivity index (χ3v) is 3.31. The van der Waals surface area contributed by atoms with Crippen LogP contribution in [-0.2, 0) is 11.3 Å². The first-order chi connectivity index (χ1) is 8.42. The summed E-state index contributed by atoms with van der Waals surface area (Å²) in [7, 11) is 0. The second-order valence-electron chi connectivity index (χ2n) is 5.14. The summed E-state index contributed by atoms with van der Waals surface area (Å²) in [6, 6.07) is 0.243. The number of nitrogens with zero attached hydrogens (tertiary/aromatic N) is 4. The molecule has 0 amide bonds. The summed E-state index contributed by atoms with van der Waals surface area (Å²) in [6.07, 6.45) is 2.00. The molecule has 2 rings (SSSR count). The van der Waals surface area contributed by atoms with Crippen LogP contribution in [-0.4, -0.2) is 49.4 Å². The van der Waals surface area contributed by atoms with Crippen LogP contribution in [0.3, 0.4) is 0 Å². The molecule has 1 aromatic rings. The van der Waals surface area contributed by atoms with Crippen molar-refractivity contribution < 1.29 is 9.90 Å². The monoisotopic (exact) mass is 253 g/mol. The Hall–Kier alpha value is -1.47. The number of nitrogens with two attached hydrogens (primary N) is 1. The maximum Gasteiger partial charge on any atom is 0.325 e. The van der Waals surface area contributed by atoms with Gasteiger partial charge in [0.1, 0.15) is 17.7 Å². The molecule has 0 saturated carbocycles. The van der Waals surface area contributed by atoms with Crippen molar-refractivity contribution in [1.29, 1.82) is 0 Å². The summed E-state index contributed by atoms with van der Waals surface area (Å²) in [5.74, 6) is -0.0880. The van der Waals surface area contributed by atoms with Gasteiger partial charge in [0.25, 0.3) is 0 Å². The molecule has 1 unspecified atom stereocenters. The average Bonchev–Trinajstić information content (AvgIpc) is 2.87. The summed E-state index contributed by atoms with van der Waals surface area (Å²) in [4.78, 5) is 17.3. The van der Waals surface area contributed by atoms with Gasteiger partial charge < -0.3 is 10.8 Å². The number of carboxylic acids is 1.